The van der Waals surface area contributed by atoms with Gasteiger partial charge in [0.05, 0.1) is 40.4 Å². The highest BCUT2D eigenvalue weighted by atomic mass is 32.2. The van der Waals surface area contributed by atoms with Crippen molar-refractivity contribution in [2.45, 2.75) is 11.8 Å². The normalized spacial score (nSPS) is 11.4. The third-order valence-corrected chi connectivity index (χ3v) is 6.43. The fourth-order valence-electron chi connectivity index (χ4n) is 3.30. The van der Waals surface area contributed by atoms with Gasteiger partial charge >= 0.3 is 5.97 Å². The van der Waals surface area contributed by atoms with Gasteiger partial charge in [0, 0.05) is 23.6 Å². The summed E-state index contributed by atoms with van der Waals surface area (Å²) < 4.78 is 4.64. The first-order chi connectivity index (χ1) is 19.2. The van der Waals surface area contributed by atoms with E-state index in [2.05, 4.69) is 20.6 Å². The van der Waals surface area contributed by atoms with Crippen LogP contribution in [0.15, 0.2) is 77.9 Å². The lowest BCUT2D eigenvalue weighted by Crippen LogP contribution is -2.47. The molecule has 1 atom stereocenters. The van der Waals surface area contributed by atoms with Gasteiger partial charge in [-0.3, -0.25) is 29.8 Å². The summed E-state index contributed by atoms with van der Waals surface area (Å²) in [5.41, 5.74) is 2.61. The smallest absolute Gasteiger partial charge is 0.337 e. The number of esters is 1. The van der Waals surface area contributed by atoms with Gasteiger partial charge in [-0.2, -0.15) is 16.9 Å². The maximum Gasteiger partial charge on any atom is 0.337 e. The molecule has 1 unspecified atom stereocenters. The van der Waals surface area contributed by atoms with E-state index in [0.29, 0.717) is 16.9 Å². The van der Waals surface area contributed by atoms with E-state index in [-0.39, 0.29) is 11.3 Å². The summed E-state index contributed by atoms with van der Waals surface area (Å²) in [4.78, 5) is 58.1. The van der Waals surface area contributed by atoms with Crippen LogP contribution in [0.4, 0.5) is 11.4 Å². The van der Waals surface area contributed by atoms with Crippen LogP contribution in [-0.2, 0) is 15.3 Å². The van der Waals surface area contributed by atoms with Crippen LogP contribution < -0.4 is 10.7 Å². The third kappa shape index (κ3) is 8.46. The van der Waals surface area contributed by atoms with Crippen molar-refractivity contribution in [3.63, 3.8) is 0 Å². The van der Waals surface area contributed by atoms with E-state index in [1.165, 1.54) is 37.2 Å². The molecule has 40 heavy (non-hydrogen) atoms. The molecule has 0 aliphatic rings. The van der Waals surface area contributed by atoms with Crippen LogP contribution in [0.1, 0.15) is 31.8 Å². The van der Waals surface area contributed by atoms with E-state index in [4.69, 9.17) is 0 Å². The maximum atomic E-state index is 12.9. The van der Waals surface area contributed by atoms with Crippen molar-refractivity contribution in [1.29, 1.82) is 0 Å². The molecular weight excluding hydrogens is 542 g/mol. The van der Waals surface area contributed by atoms with Crippen molar-refractivity contribution in [3.05, 3.63) is 115 Å². The van der Waals surface area contributed by atoms with Gasteiger partial charge in [-0.25, -0.2) is 10.2 Å². The second kappa shape index (κ2) is 14.2. The molecule has 0 saturated heterocycles. The van der Waals surface area contributed by atoms with Gasteiger partial charge in [-0.1, -0.05) is 42.5 Å². The number of methoxy groups -OCH3 is 1. The predicted octanol–water partition coefficient (Wildman–Crippen LogP) is 3.47. The topological polar surface area (TPSA) is 183 Å². The third-order valence-electron chi connectivity index (χ3n) is 5.32. The summed E-state index contributed by atoms with van der Waals surface area (Å²) in [6, 6.07) is 17.0. The monoisotopic (exact) mass is 565 g/mol. The molecule has 2 N–H and O–H groups in total. The van der Waals surface area contributed by atoms with Gasteiger partial charge in [-0.05, 0) is 23.3 Å². The number of carbonyl (C=O) groups excluding carboxylic acids is 3. The number of nitrogens with one attached hydrogen (secondary N) is 2. The number of nitrogens with zero attached hydrogens (tertiary/aromatic N) is 3. The van der Waals surface area contributed by atoms with Gasteiger partial charge in [0.1, 0.15) is 6.04 Å². The molecule has 13 nitrogen and oxygen atoms in total. The first-order valence-corrected chi connectivity index (χ1v) is 12.7. The number of rotatable bonds is 12. The molecule has 0 aliphatic heterocycles. The number of hydrogen-bond acceptors (Lipinski definition) is 10. The number of non-ortho nitro benzene ring substituents is 2. The molecule has 14 heteroatoms. The Kier molecular flexibility index (Phi) is 10.4. The van der Waals surface area contributed by atoms with Crippen molar-refractivity contribution in [2.75, 3.05) is 12.9 Å². The molecule has 0 fully saturated rings. The second-order valence-electron chi connectivity index (χ2n) is 8.13. The largest absolute Gasteiger partial charge is 0.465 e. The number of thioether (sulfide) groups is 1. The van der Waals surface area contributed by atoms with Gasteiger partial charge in [0.15, 0.2) is 0 Å². The summed E-state index contributed by atoms with van der Waals surface area (Å²) in [5.74, 6) is -1.46. The fourth-order valence-corrected chi connectivity index (χ4v) is 4.32. The average Bonchev–Trinajstić information content (AvgIpc) is 2.96. The zero-order valence-corrected chi connectivity index (χ0v) is 21.8. The number of nitro groups is 2. The molecule has 3 aromatic carbocycles. The highest BCUT2D eigenvalue weighted by Gasteiger charge is 2.25. The van der Waals surface area contributed by atoms with Gasteiger partial charge in [0.25, 0.3) is 23.2 Å². The lowest BCUT2D eigenvalue weighted by atomic mass is 10.1. The summed E-state index contributed by atoms with van der Waals surface area (Å²) in [5, 5.41) is 28.8. The maximum absolute atomic E-state index is 12.9. The Morgan fingerprint density at radius 3 is 2.15 bits per heavy atom. The van der Waals surface area contributed by atoms with Gasteiger partial charge in [-0.15, -0.1) is 0 Å². The molecule has 3 rings (SSSR count). The Labute approximate surface area is 231 Å². The molecule has 2 amide bonds. The lowest BCUT2D eigenvalue weighted by molar-refractivity contribution is -0.394. The number of hydrogen-bond donors (Lipinski definition) is 2. The van der Waals surface area contributed by atoms with Crippen molar-refractivity contribution in [1.82, 2.24) is 10.7 Å². The standard InChI is InChI=1S/C26H23N5O8S/c1-39-26(34)19-9-7-17(8-10-19)14-27-29-25(33)23(16-40-15-18-5-3-2-4-6-18)28-24(32)20-11-21(30(35)36)13-22(12-20)31(37)38/h2-14,23H,15-16H2,1H3,(H,28,32)(H,29,33)/b27-14+. The molecule has 0 bridgehead atoms. The summed E-state index contributed by atoms with van der Waals surface area (Å²) >= 11 is 1.34. The minimum absolute atomic E-state index is 0.104. The second-order valence-corrected chi connectivity index (χ2v) is 9.16. The van der Waals surface area contributed by atoms with E-state index in [1.807, 2.05) is 30.3 Å². The van der Waals surface area contributed by atoms with Crippen molar-refractivity contribution in [3.8, 4) is 0 Å². The van der Waals surface area contributed by atoms with Crippen molar-refractivity contribution < 1.29 is 29.0 Å². The number of nitro benzene ring substituents is 2. The molecule has 3 aromatic rings. The lowest BCUT2D eigenvalue weighted by Gasteiger charge is -2.17. The Bertz CT molecular complexity index is 1400. The molecule has 0 spiro atoms. The average molecular weight is 566 g/mol. The minimum Gasteiger partial charge on any atom is -0.465 e. The number of benzene rings is 3. The fraction of sp³-hybridized carbons (Fsp3) is 0.154. The van der Waals surface area contributed by atoms with Crippen LogP contribution in [-0.4, -0.2) is 52.7 Å². The molecule has 0 aliphatic carbocycles. The molecule has 0 aromatic heterocycles. The summed E-state index contributed by atoms with van der Waals surface area (Å²) in [6.45, 7) is 0. The van der Waals surface area contributed by atoms with E-state index in [9.17, 15) is 34.6 Å². The molecular formula is C26H23N5O8S. The number of ether oxygens (including phenoxy) is 1. The molecule has 0 saturated carbocycles. The first-order valence-electron chi connectivity index (χ1n) is 11.6. The number of hydrazone groups is 1. The van der Waals surface area contributed by atoms with Crippen LogP contribution in [0.3, 0.4) is 0 Å². The summed E-state index contributed by atoms with van der Waals surface area (Å²) in [6.07, 6.45) is 1.33. The van der Waals surface area contributed by atoms with Crippen LogP contribution in [0.25, 0.3) is 0 Å². The van der Waals surface area contributed by atoms with E-state index >= 15 is 0 Å². The number of carbonyl (C=O) groups is 3. The van der Waals surface area contributed by atoms with Crippen molar-refractivity contribution >= 4 is 47.1 Å². The molecule has 0 heterocycles. The zero-order valence-electron chi connectivity index (χ0n) is 21.0. The molecule has 0 radical (unpaired) electrons. The van der Waals surface area contributed by atoms with Gasteiger partial charge in [0.2, 0.25) is 0 Å². The van der Waals surface area contributed by atoms with Crippen LogP contribution in [0.5, 0.6) is 0 Å². The van der Waals surface area contributed by atoms with Gasteiger partial charge < -0.3 is 10.1 Å². The highest BCUT2D eigenvalue weighted by Crippen LogP contribution is 2.23. The highest BCUT2D eigenvalue weighted by molar-refractivity contribution is 7.98. The van der Waals surface area contributed by atoms with Crippen LogP contribution in [0.2, 0.25) is 0 Å². The van der Waals surface area contributed by atoms with E-state index < -0.39 is 45.0 Å². The van der Waals surface area contributed by atoms with Crippen LogP contribution in [0, 0.1) is 20.2 Å². The van der Waals surface area contributed by atoms with Crippen molar-refractivity contribution in [2.24, 2.45) is 5.10 Å². The Morgan fingerprint density at radius 1 is 0.950 bits per heavy atom. The minimum atomic E-state index is -1.14. The summed E-state index contributed by atoms with van der Waals surface area (Å²) in [7, 11) is 1.26. The Hall–Kier alpha value is -5.11. The zero-order chi connectivity index (χ0) is 29.1. The van der Waals surface area contributed by atoms with E-state index in [1.54, 1.807) is 12.1 Å². The Morgan fingerprint density at radius 2 is 1.57 bits per heavy atom. The van der Waals surface area contributed by atoms with Crippen LogP contribution >= 0.6 is 11.8 Å². The SMILES string of the molecule is COC(=O)c1ccc(/C=N/NC(=O)C(CSCc2ccccc2)NC(=O)c2cc([N+](=O)[O-])cc([N+](=O)[O-])c2)cc1. The van der Waals surface area contributed by atoms with E-state index in [0.717, 1.165) is 23.8 Å². The Balaban J connectivity index is 1.75. The number of amides is 2. The predicted molar refractivity (Wildman–Crippen MR) is 147 cm³/mol. The molecule has 206 valence electrons. The first kappa shape index (κ1) is 29.4. The quantitative estimate of drug-likeness (QED) is 0.144.